The van der Waals surface area contributed by atoms with Gasteiger partial charge in [-0.15, -0.1) is 17.4 Å². The Hall–Kier alpha value is 0.900. The maximum absolute atomic E-state index is 12.0. The van der Waals surface area contributed by atoms with E-state index in [0.29, 0.717) is 4.34 Å². The molecule has 0 aromatic carbocycles. The smallest absolute Gasteiger partial charge is 0.325 e. The monoisotopic (exact) mass is 317 g/mol. The van der Waals surface area contributed by atoms with E-state index in [-0.39, 0.29) is 45.7 Å². The second-order valence-electron chi connectivity index (χ2n) is 3.86. The van der Waals surface area contributed by atoms with Crippen LogP contribution in [0.15, 0.2) is 16.3 Å². The van der Waals surface area contributed by atoms with Crippen molar-refractivity contribution in [1.29, 1.82) is 0 Å². The third-order valence-electron chi connectivity index (χ3n) is 2.74. The third-order valence-corrected chi connectivity index (χ3v) is 5.95. The largest absolute Gasteiger partial charge is 1.00 e. The molecule has 1 heterocycles. The van der Waals surface area contributed by atoms with Crippen LogP contribution in [0, 0.1) is 12.8 Å². The standard InChI is InChI=1S/C11H17ClNO2S2.Na/c1-4-9(5-2)8(3)13-17(14,15)11-7-6-10(12)16-11;/h6-9,13H,3-5H2,1-2H3;/q-1;+1/t8-;/m1./s1. The van der Waals surface area contributed by atoms with Crippen molar-refractivity contribution in [3.8, 4) is 0 Å². The van der Waals surface area contributed by atoms with E-state index in [2.05, 4.69) is 11.6 Å². The fourth-order valence-corrected chi connectivity index (χ4v) is 4.37. The fraction of sp³-hybridized carbons (Fsp3) is 0.545. The Balaban J connectivity index is 0.00000289. The molecule has 0 unspecified atom stereocenters. The fourth-order valence-electron chi connectivity index (χ4n) is 1.65. The molecule has 0 aliphatic heterocycles. The molecule has 1 rings (SSSR count). The molecule has 1 N–H and O–H groups in total. The van der Waals surface area contributed by atoms with Crippen LogP contribution in [0.2, 0.25) is 4.34 Å². The average Bonchev–Trinajstić information content (AvgIpc) is 2.66. The molecular formula is C11H17ClNNaO2S2. The second-order valence-corrected chi connectivity index (χ2v) is 7.52. The molecule has 98 valence electrons. The van der Waals surface area contributed by atoms with Crippen molar-refractivity contribution in [3.63, 3.8) is 0 Å². The molecule has 3 nitrogen and oxygen atoms in total. The van der Waals surface area contributed by atoms with E-state index in [1.54, 1.807) is 6.07 Å². The number of hydrogen-bond donors (Lipinski definition) is 1. The van der Waals surface area contributed by atoms with Gasteiger partial charge in [-0.25, -0.2) is 13.1 Å². The van der Waals surface area contributed by atoms with E-state index < -0.39 is 10.0 Å². The molecular weight excluding hydrogens is 301 g/mol. The van der Waals surface area contributed by atoms with Crippen LogP contribution < -0.4 is 34.3 Å². The maximum Gasteiger partial charge on any atom is 1.00 e. The van der Waals surface area contributed by atoms with Gasteiger partial charge in [-0.3, -0.25) is 0 Å². The van der Waals surface area contributed by atoms with Crippen molar-refractivity contribution in [1.82, 2.24) is 4.72 Å². The molecule has 0 spiro atoms. The average molecular weight is 318 g/mol. The Morgan fingerprint density at radius 3 is 2.33 bits per heavy atom. The van der Waals surface area contributed by atoms with E-state index in [4.69, 9.17) is 11.6 Å². The van der Waals surface area contributed by atoms with E-state index in [9.17, 15) is 8.42 Å². The van der Waals surface area contributed by atoms with Gasteiger partial charge in [0.1, 0.15) is 4.21 Å². The molecule has 1 aromatic heterocycles. The normalized spacial score (nSPS) is 13.4. The van der Waals surface area contributed by atoms with Crippen molar-refractivity contribution < 1.29 is 38.0 Å². The molecule has 0 aliphatic carbocycles. The zero-order chi connectivity index (χ0) is 13.1. The Labute approximate surface area is 141 Å². The summed E-state index contributed by atoms with van der Waals surface area (Å²) in [7, 11) is -3.48. The van der Waals surface area contributed by atoms with E-state index in [0.717, 1.165) is 24.2 Å². The van der Waals surface area contributed by atoms with Crippen LogP contribution in [0.3, 0.4) is 0 Å². The summed E-state index contributed by atoms with van der Waals surface area (Å²) in [5, 5.41) is 0. The maximum atomic E-state index is 12.0. The van der Waals surface area contributed by atoms with Gasteiger partial charge >= 0.3 is 29.6 Å². The topological polar surface area (TPSA) is 46.2 Å². The molecule has 0 fully saturated rings. The Bertz CT molecular complexity index is 457. The van der Waals surface area contributed by atoms with Crippen molar-refractivity contribution in [2.24, 2.45) is 5.92 Å². The number of hydrogen-bond acceptors (Lipinski definition) is 3. The molecule has 1 aromatic rings. The summed E-state index contributed by atoms with van der Waals surface area (Å²) in [4.78, 5) is 0. The van der Waals surface area contributed by atoms with Gasteiger partial charge < -0.3 is 6.92 Å². The molecule has 0 saturated heterocycles. The molecule has 0 aliphatic rings. The summed E-state index contributed by atoms with van der Waals surface area (Å²) in [6.07, 6.45) is 1.80. The zero-order valence-electron chi connectivity index (χ0n) is 10.9. The predicted molar refractivity (Wildman–Crippen MR) is 72.9 cm³/mol. The Morgan fingerprint density at radius 1 is 1.39 bits per heavy atom. The first-order valence-electron chi connectivity index (χ1n) is 5.51. The van der Waals surface area contributed by atoms with Gasteiger partial charge in [-0.1, -0.05) is 44.2 Å². The summed E-state index contributed by atoms with van der Waals surface area (Å²) in [6.45, 7) is 7.94. The van der Waals surface area contributed by atoms with Gasteiger partial charge in [0.2, 0.25) is 10.0 Å². The first-order valence-corrected chi connectivity index (χ1v) is 8.19. The minimum Gasteiger partial charge on any atom is -0.325 e. The molecule has 18 heavy (non-hydrogen) atoms. The number of rotatable bonds is 6. The zero-order valence-corrected chi connectivity index (χ0v) is 15.3. The Kier molecular flexibility index (Phi) is 8.66. The van der Waals surface area contributed by atoms with Crippen LogP contribution in [0.4, 0.5) is 0 Å². The number of halogens is 1. The van der Waals surface area contributed by atoms with Crippen molar-refractivity contribution in [3.05, 3.63) is 23.4 Å². The molecule has 0 radical (unpaired) electrons. The number of sulfonamides is 1. The molecule has 0 bridgehead atoms. The first-order chi connectivity index (χ1) is 7.90. The van der Waals surface area contributed by atoms with E-state index in [1.165, 1.54) is 6.07 Å². The van der Waals surface area contributed by atoms with Crippen LogP contribution >= 0.6 is 22.9 Å². The van der Waals surface area contributed by atoms with E-state index in [1.807, 2.05) is 13.8 Å². The molecule has 1 atom stereocenters. The van der Waals surface area contributed by atoms with Gasteiger partial charge in [0.05, 0.1) is 4.34 Å². The predicted octanol–water partition coefficient (Wildman–Crippen LogP) is 0.323. The minimum atomic E-state index is -3.48. The quantitative estimate of drug-likeness (QED) is 0.607. The van der Waals surface area contributed by atoms with Crippen molar-refractivity contribution in [2.75, 3.05) is 0 Å². The third kappa shape index (κ3) is 5.12. The number of nitrogens with one attached hydrogen (secondary N) is 1. The second kappa shape index (κ2) is 8.25. The van der Waals surface area contributed by atoms with Gasteiger partial charge in [0.25, 0.3) is 0 Å². The first kappa shape index (κ1) is 18.9. The summed E-state index contributed by atoms with van der Waals surface area (Å²) in [6, 6.07) is 2.78. The van der Waals surface area contributed by atoms with Gasteiger partial charge in [0.15, 0.2) is 0 Å². The SMILES string of the molecule is [CH2-][C@@H](NS(=O)(=O)c1ccc(Cl)s1)C(CC)CC.[Na+]. The summed E-state index contributed by atoms with van der Waals surface area (Å²) in [5.74, 6) is 0.250. The van der Waals surface area contributed by atoms with Crippen LogP contribution in [-0.4, -0.2) is 14.5 Å². The van der Waals surface area contributed by atoms with Gasteiger partial charge in [-0.2, -0.15) is 0 Å². The van der Waals surface area contributed by atoms with Crippen molar-refractivity contribution >= 4 is 33.0 Å². The van der Waals surface area contributed by atoms with Crippen LogP contribution in [0.25, 0.3) is 0 Å². The summed E-state index contributed by atoms with van der Waals surface area (Å²) < 4.78 is 27.3. The summed E-state index contributed by atoms with van der Waals surface area (Å²) >= 11 is 6.78. The Morgan fingerprint density at radius 2 is 1.94 bits per heavy atom. The van der Waals surface area contributed by atoms with Crippen molar-refractivity contribution in [2.45, 2.75) is 36.9 Å². The molecule has 0 amide bonds. The molecule has 7 heteroatoms. The minimum absolute atomic E-state index is 0. The van der Waals surface area contributed by atoms with E-state index >= 15 is 0 Å². The molecule has 0 saturated carbocycles. The van der Waals surface area contributed by atoms with Gasteiger partial charge in [-0.05, 0) is 12.1 Å². The van der Waals surface area contributed by atoms with Crippen LogP contribution in [0.5, 0.6) is 0 Å². The summed E-state index contributed by atoms with van der Waals surface area (Å²) in [5.41, 5.74) is 0. The van der Waals surface area contributed by atoms with Gasteiger partial charge in [0, 0.05) is 0 Å². The number of thiophene rings is 1. The van der Waals surface area contributed by atoms with Crippen LogP contribution in [-0.2, 0) is 10.0 Å². The van der Waals surface area contributed by atoms with Crippen LogP contribution in [0.1, 0.15) is 26.7 Å².